The Labute approximate surface area is 194 Å². The monoisotopic (exact) mass is 468 g/mol. The van der Waals surface area contributed by atoms with Crippen LogP contribution >= 0.6 is 0 Å². The predicted molar refractivity (Wildman–Crippen MR) is 125 cm³/mol. The normalized spacial score (nSPS) is 15.7. The zero-order valence-electron chi connectivity index (χ0n) is 18.8. The molecule has 0 saturated carbocycles. The second-order valence-corrected chi connectivity index (χ2v) is 10.0. The van der Waals surface area contributed by atoms with Gasteiger partial charge in [-0.05, 0) is 48.7 Å². The molecule has 1 N–H and O–H groups in total. The van der Waals surface area contributed by atoms with Crippen molar-refractivity contribution in [2.75, 3.05) is 20.2 Å². The molecule has 1 saturated heterocycles. The van der Waals surface area contributed by atoms with Crippen molar-refractivity contribution >= 4 is 15.9 Å². The van der Waals surface area contributed by atoms with Crippen LogP contribution in [-0.4, -0.2) is 48.4 Å². The molecule has 174 valence electrons. The van der Waals surface area contributed by atoms with E-state index in [1.165, 1.54) is 10.4 Å². The van der Waals surface area contributed by atoms with Gasteiger partial charge in [-0.25, -0.2) is 13.4 Å². The lowest BCUT2D eigenvalue weighted by Gasteiger charge is -2.26. The van der Waals surface area contributed by atoms with Gasteiger partial charge in [-0.15, -0.1) is 0 Å². The minimum Gasteiger partial charge on any atom is -0.497 e. The lowest BCUT2D eigenvalue weighted by Crippen LogP contribution is -2.36. The standard InChI is InChI=1S/C24H28N4O4S/c1-27-16-13-25-23(27)22(18-9-11-20(32-2)12-10-18)26-24(29)19-7-6-8-21(17-19)33(30,31)28-14-4-3-5-15-28/h6-13,16-17,22H,3-5,14-15H2,1-2H3,(H,26,29)/t22-/m1/s1. The molecule has 0 radical (unpaired) electrons. The number of ether oxygens (including phenoxy) is 1. The summed E-state index contributed by atoms with van der Waals surface area (Å²) in [7, 11) is -0.180. The Kier molecular flexibility index (Phi) is 6.80. The number of carbonyl (C=O) groups excluding carboxylic acids is 1. The lowest BCUT2D eigenvalue weighted by molar-refractivity contribution is 0.0941. The first-order valence-electron chi connectivity index (χ1n) is 10.9. The van der Waals surface area contributed by atoms with Gasteiger partial charge in [0.15, 0.2) is 0 Å². The second-order valence-electron chi connectivity index (χ2n) is 8.07. The van der Waals surface area contributed by atoms with Crippen LogP contribution in [0.5, 0.6) is 5.75 Å². The molecular formula is C24H28N4O4S. The van der Waals surface area contributed by atoms with E-state index >= 15 is 0 Å². The van der Waals surface area contributed by atoms with E-state index in [2.05, 4.69) is 10.3 Å². The molecule has 33 heavy (non-hydrogen) atoms. The number of hydrogen-bond donors (Lipinski definition) is 1. The van der Waals surface area contributed by atoms with E-state index in [0.717, 1.165) is 24.8 Å². The van der Waals surface area contributed by atoms with Crippen molar-refractivity contribution in [2.45, 2.75) is 30.2 Å². The van der Waals surface area contributed by atoms with Crippen molar-refractivity contribution < 1.29 is 17.9 Å². The average Bonchev–Trinajstić information content (AvgIpc) is 3.28. The van der Waals surface area contributed by atoms with Gasteiger partial charge in [-0.3, -0.25) is 4.79 Å². The predicted octanol–water partition coefficient (Wildman–Crippen LogP) is 3.12. The van der Waals surface area contributed by atoms with Gasteiger partial charge >= 0.3 is 0 Å². The van der Waals surface area contributed by atoms with Crippen molar-refractivity contribution in [3.8, 4) is 5.75 Å². The zero-order chi connectivity index (χ0) is 23.4. The zero-order valence-corrected chi connectivity index (χ0v) is 19.6. The fourth-order valence-corrected chi connectivity index (χ4v) is 5.58. The summed E-state index contributed by atoms with van der Waals surface area (Å²) in [5, 5.41) is 3.02. The molecule has 0 bridgehead atoms. The Hall–Kier alpha value is -3.17. The van der Waals surface area contributed by atoms with Gasteiger partial charge in [0.05, 0.1) is 12.0 Å². The van der Waals surface area contributed by atoms with E-state index in [1.807, 2.05) is 42.1 Å². The van der Waals surface area contributed by atoms with Crippen LogP contribution < -0.4 is 10.1 Å². The van der Waals surface area contributed by atoms with Crippen LogP contribution in [0, 0.1) is 0 Å². The first-order chi connectivity index (χ1) is 15.9. The fourth-order valence-electron chi connectivity index (χ4n) is 4.02. The summed E-state index contributed by atoms with van der Waals surface area (Å²) >= 11 is 0. The Morgan fingerprint density at radius 1 is 1.09 bits per heavy atom. The molecule has 3 aromatic rings. The van der Waals surface area contributed by atoms with Gasteiger partial charge in [-0.2, -0.15) is 4.31 Å². The summed E-state index contributed by atoms with van der Waals surface area (Å²) in [6.45, 7) is 1.02. The van der Waals surface area contributed by atoms with E-state index in [-0.39, 0.29) is 16.4 Å². The fraction of sp³-hybridized carbons (Fsp3) is 0.333. The average molecular weight is 469 g/mol. The van der Waals surface area contributed by atoms with Gasteiger partial charge in [-0.1, -0.05) is 24.6 Å². The molecule has 1 aliphatic rings. The van der Waals surface area contributed by atoms with E-state index < -0.39 is 16.1 Å². The van der Waals surface area contributed by atoms with Gasteiger partial charge in [0, 0.05) is 38.1 Å². The van der Waals surface area contributed by atoms with Gasteiger partial charge < -0.3 is 14.6 Å². The summed E-state index contributed by atoms with van der Waals surface area (Å²) in [6, 6.07) is 13.1. The number of nitrogens with one attached hydrogen (secondary N) is 1. The van der Waals surface area contributed by atoms with E-state index in [0.29, 0.717) is 24.7 Å². The maximum Gasteiger partial charge on any atom is 0.252 e. The minimum absolute atomic E-state index is 0.134. The summed E-state index contributed by atoms with van der Waals surface area (Å²) < 4.78 is 34.7. The maximum atomic E-state index is 13.2. The Morgan fingerprint density at radius 2 is 1.82 bits per heavy atom. The van der Waals surface area contributed by atoms with Crippen LogP contribution in [0.4, 0.5) is 0 Å². The summed E-state index contributed by atoms with van der Waals surface area (Å²) in [5.41, 5.74) is 1.11. The number of benzene rings is 2. The second kappa shape index (κ2) is 9.76. The highest BCUT2D eigenvalue weighted by Crippen LogP contribution is 2.25. The molecular weight excluding hydrogens is 440 g/mol. The lowest BCUT2D eigenvalue weighted by atomic mass is 10.0. The Morgan fingerprint density at radius 3 is 2.45 bits per heavy atom. The van der Waals surface area contributed by atoms with Crippen LogP contribution in [0.2, 0.25) is 0 Å². The number of aryl methyl sites for hydroxylation is 1. The first-order valence-corrected chi connectivity index (χ1v) is 12.4. The highest BCUT2D eigenvalue weighted by Gasteiger charge is 2.27. The number of imidazole rings is 1. The first kappa shape index (κ1) is 23.0. The van der Waals surface area contributed by atoms with E-state index in [1.54, 1.807) is 31.5 Å². The third-order valence-corrected chi connectivity index (χ3v) is 7.78. The third-order valence-electron chi connectivity index (χ3n) is 5.89. The highest BCUT2D eigenvalue weighted by atomic mass is 32.2. The number of piperidine rings is 1. The molecule has 2 aromatic carbocycles. The molecule has 4 rings (SSSR count). The molecule has 1 aliphatic heterocycles. The van der Waals surface area contributed by atoms with Crippen molar-refractivity contribution in [2.24, 2.45) is 7.05 Å². The third kappa shape index (κ3) is 4.94. The molecule has 0 unspecified atom stereocenters. The molecule has 1 fully saturated rings. The Bertz CT molecular complexity index is 1220. The number of amides is 1. The molecule has 8 nitrogen and oxygen atoms in total. The number of sulfonamides is 1. The number of rotatable bonds is 7. The van der Waals surface area contributed by atoms with Crippen LogP contribution in [0.15, 0.2) is 65.8 Å². The van der Waals surface area contributed by atoms with Crippen LogP contribution in [0.25, 0.3) is 0 Å². The Balaban J connectivity index is 1.62. The molecule has 0 aliphatic carbocycles. The molecule has 2 heterocycles. The number of hydrogen-bond acceptors (Lipinski definition) is 5. The van der Waals surface area contributed by atoms with Gasteiger partial charge in [0.1, 0.15) is 17.6 Å². The van der Waals surface area contributed by atoms with Crippen molar-refractivity contribution in [1.29, 1.82) is 0 Å². The van der Waals surface area contributed by atoms with Crippen LogP contribution in [0.3, 0.4) is 0 Å². The van der Waals surface area contributed by atoms with Crippen LogP contribution in [-0.2, 0) is 17.1 Å². The number of aromatic nitrogens is 2. The minimum atomic E-state index is -3.63. The number of methoxy groups -OCH3 is 1. The highest BCUT2D eigenvalue weighted by molar-refractivity contribution is 7.89. The summed E-state index contributed by atoms with van der Waals surface area (Å²) in [4.78, 5) is 17.8. The van der Waals surface area contributed by atoms with Crippen molar-refractivity contribution in [3.05, 3.63) is 77.9 Å². The van der Waals surface area contributed by atoms with Crippen LogP contribution in [0.1, 0.15) is 47.1 Å². The topological polar surface area (TPSA) is 93.5 Å². The number of nitrogens with zero attached hydrogens (tertiary/aromatic N) is 3. The SMILES string of the molecule is COc1ccc([C@@H](NC(=O)c2cccc(S(=O)(=O)N3CCCCC3)c2)c2nccn2C)cc1. The molecule has 1 aromatic heterocycles. The van der Waals surface area contributed by atoms with E-state index in [4.69, 9.17) is 4.74 Å². The van der Waals surface area contributed by atoms with E-state index in [9.17, 15) is 13.2 Å². The number of carbonyl (C=O) groups is 1. The van der Waals surface area contributed by atoms with Gasteiger partial charge in [0.2, 0.25) is 10.0 Å². The largest absolute Gasteiger partial charge is 0.497 e. The smallest absolute Gasteiger partial charge is 0.252 e. The quantitative estimate of drug-likeness (QED) is 0.575. The van der Waals surface area contributed by atoms with Gasteiger partial charge in [0.25, 0.3) is 5.91 Å². The van der Waals surface area contributed by atoms with Crippen molar-refractivity contribution in [3.63, 3.8) is 0 Å². The summed E-state index contributed by atoms with van der Waals surface area (Å²) in [6.07, 6.45) is 6.22. The molecule has 9 heteroatoms. The van der Waals surface area contributed by atoms with Crippen molar-refractivity contribution in [1.82, 2.24) is 19.2 Å². The summed E-state index contributed by atoms with van der Waals surface area (Å²) in [5.74, 6) is 0.986. The maximum absolute atomic E-state index is 13.2. The molecule has 1 atom stereocenters. The molecule has 0 spiro atoms. The molecule has 1 amide bonds.